The summed E-state index contributed by atoms with van der Waals surface area (Å²) in [7, 11) is 1.39. The molecule has 1 aliphatic heterocycles. The molecule has 168 valence electrons. The average Bonchev–Trinajstić information content (AvgIpc) is 3.05. The second-order valence-corrected chi connectivity index (χ2v) is 7.89. The highest BCUT2D eigenvalue weighted by atomic mass is 35.5. The van der Waals surface area contributed by atoms with Crippen LogP contribution in [-0.2, 0) is 16.1 Å². The van der Waals surface area contributed by atoms with Crippen molar-refractivity contribution in [2.45, 2.75) is 12.6 Å². The highest BCUT2D eigenvalue weighted by Gasteiger charge is 2.46. The number of benzene rings is 3. The number of carbonyl (C=O) groups is 2. The summed E-state index contributed by atoms with van der Waals surface area (Å²) in [6.45, 7) is -0.0314. The summed E-state index contributed by atoms with van der Waals surface area (Å²) >= 11 is 6.09. The first kappa shape index (κ1) is 22.5. The van der Waals surface area contributed by atoms with Crippen molar-refractivity contribution in [2.75, 3.05) is 7.11 Å². The Kier molecular flexibility index (Phi) is 6.16. The molecule has 1 atom stereocenters. The van der Waals surface area contributed by atoms with Crippen LogP contribution in [-0.4, -0.2) is 28.8 Å². The smallest absolute Gasteiger partial charge is 0.295 e. The number of carbonyl (C=O) groups excluding carboxylic acids is 2. The number of methoxy groups -OCH3 is 1. The minimum atomic E-state index is -1.01. The molecule has 3 aromatic carbocycles. The molecule has 0 aliphatic carbocycles. The van der Waals surface area contributed by atoms with E-state index in [1.807, 2.05) is 0 Å². The Morgan fingerprint density at radius 3 is 2.21 bits per heavy atom. The van der Waals surface area contributed by atoms with Gasteiger partial charge in [0.25, 0.3) is 11.7 Å². The van der Waals surface area contributed by atoms with Crippen LogP contribution >= 0.6 is 11.6 Å². The summed E-state index contributed by atoms with van der Waals surface area (Å²) in [5.41, 5.74) is 0.942. The van der Waals surface area contributed by atoms with Crippen LogP contribution in [0.4, 0.5) is 8.78 Å². The quantitative estimate of drug-likeness (QED) is 0.315. The Balaban J connectivity index is 1.89. The van der Waals surface area contributed by atoms with Crippen LogP contribution in [0.1, 0.15) is 22.7 Å². The van der Waals surface area contributed by atoms with Crippen LogP contribution in [0.25, 0.3) is 5.76 Å². The lowest BCUT2D eigenvalue weighted by molar-refractivity contribution is -0.140. The number of amides is 1. The molecular weight excluding hydrogens is 452 g/mol. The van der Waals surface area contributed by atoms with Gasteiger partial charge in [-0.25, -0.2) is 8.78 Å². The molecule has 0 bridgehead atoms. The summed E-state index contributed by atoms with van der Waals surface area (Å²) in [4.78, 5) is 27.4. The lowest BCUT2D eigenvalue weighted by Gasteiger charge is -2.25. The number of Topliss-reactive ketones (excluding diaryl/α,β-unsaturated/α-hetero) is 1. The molecule has 1 aliphatic rings. The number of rotatable bonds is 5. The fourth-order valence-electron chi connectivity index (χ4n) is 3.83. The van der Waals surface area contributed by atoms with Crippen molar-refractivity contribution >= 4 is 29.1 Å². The van der Waals surface area contributed by atoms with Gasteiger partial charge >= 0.3 is 0 Å². The van der Waals surface area contributed by atoms with Gasteiger partial charge in [-0.1, -0.05) is 35.9 Å². The van der Waals surface area contributed by atoms with Crippen molar-refractivity contribution in [2.24, 2.45) is 0 Å². The zero-order valence-corrected chi connectivity index (χ0v) is 18.1. The number of nitrogens with zero attached hydrogens (tertiary/aromatic N) is 1. The Labute approximate surface area is 193 Å². The molecular formula is C25H18ClF2NO4. The third-order valence-electron chi connectivity index (χ3n) is 5.41. The molecule has 1 fully saturated rings. The third kappa shape index (κ3) is 4.32. The van der Waals surface area contributed by atoms with Crippen LogP contribution in [0.3, 0.4) is 0 Å². The lowest BCUT2D eigenvalue weighted by Crippen LogP contribution is -2.29. The molecule has 1 amide bonds. The average molecular weight is 470 g/mol. The van der Waals surface area contributed by atoms with Crippen molar-refractivity contribution < 1.29 is 28.2 Å². The van der Waals surface area contributed by atoms with Gasteiger partial charge in [-0.3, -0.25) is 9.59 Å². The van der Waals surface area contributed by atoms with Gasteiger partial charge in [0, 0.05) is 11.6 Å². The van der Waals surface area contributed by atoms with Gasteiger partial charge in [-0.05, 0) is 53.6 Å². The van der Waals surface area contributed by atoms with E-state index in [2.05, 4.69) is 0 Å². The Morgan fingerprint density at radius 2 is 1.61 bits per heavy atom. The van der Waals surface area contributed by atoms with E-state index >= 15 is 0 Å². The van der Waals surface area contributed by atoms with Crippen LogP contribution in [0.2, 0.25) is 5.02 Å². The first-order valence-electron chi connectivity index (χ1n) is 9.92. The van der Waals surface area contributed by atoms with E-state index in [4.69, 9.17) is 16.3 Å². The number of aliphatic hydroxyl groups excluding tert-OH is 1. The number of likely N-dealkylation sites (tertiary alicyclic amines) is 1. The number of ether oxygens (including phenoxy) is 1. The normalized spacial score (nSPS) is 17.5. The van der Waals surface area contributed by atoms with E-state index in [1.165, 1.54) is 72.7 Å². The predicted molar refractivity (Wildman–Crippen MR) is 119 cm³/mol. The SMILES string of the molecule is COc1ccc(Cl)cc1/C(O)=C1\C(=O)C(=O)N(Cc2ccc(F)cc2)C1c1ccc(F)cc1. The highest BCUT2D eigenvalue weighted by Crippen LogP contribution is 2.42. The Morgan fingerprint density at radius 1 is 1.00 bits per heavy atom. The van der Waals surface area contributed by atoms with Gasteiger partial charge < -0.3 is 14.7 Å². The number of halogens is 3. The largest absolute Gasteiger partial charge is 0.507 e. The minimum absolute atomic E-state index is 0.0314. The maximum absolute atomic E-state index is 13.6. The molecule has 5 nitrogen and oxygen atoms in total. The number of ketones is 1. The van der Waals surface area contributed by atoms with Crippen molar-refractivity contribution in [3.8, 4) is 5.75 Å². The van der Waals surface area contributed by atoms with Gasteiger partial charge in [0.05, 0.1) is 24.3 Å². The Hall–Kier alpha value is -3.71. The van der Waals surface area contributed by atoms with Crippen molar-refractivity contribution in [3.05, 3.63) is 106 Å². The monoisotopic (exact) mass is 469 g/mol. The topological polar surface area (TPSA) is 66.8 Å². The number of aliphatic hydroxyl groups is 1. The molecule has 1 heterocycles. The van der Waals surface area contributed by atoms with Crippen molar-refractivity contribution in [1.29, 1.82) is 0 Å². The highest BCUT2D eigenvalue weighted by molar-refractivity contribution is 6.46. The molecule has 1 saturated heterocycles. The first-order valence-corrected chi connectivity index (χ1v) is 10.3. The molecule has 0 spiro atoms. The van der Waals surface area contributed by atoms with E-state index < -0.39 is 35.1 Å². The van der Waals surface area contributed by atoms with E-state index in [-0.39, 0.29) is 28.5 Å². The molecule has 0 aromatic heterocycles. The fraction of sp³-hybridized carbons (Fsp3) is 0.120. The van der Waals surface area contributed by atoms with Crippen molar-refractivity contribution in [1.82, 2.24) is 4.90 Å². The molecule has 4 rings (SSSR count). The molecule has 3 aromatic rings. The van der Waals surface area contributed by atoms with E-state index in [9.17, 15) is 23.5 Å². The fourth-order valence-corrected chi connectivity index (χ4v) is 4.00. The second kappa shape index (κ2) is 9.03. The van der Waals surface area contributed by atoms with Gasteiger partial charge in [-0.2, -0.15) is 0 Å². The lowest BCUT2D eigenvalue weighted by atomic mass is 9.95. The van der Waals surface area contributed by atoms with Crippen LogP contribution in [0.5, 0.6) is 5.75 Å². The second-order valence-electron chi connectivity index (χ2n) is 7.45. The van der Waals surface area contributed by atoms with E-state index in [0.717, 1.165) is 0 Å². The summed E-state index contributed by atoms with van der Waals surface area (Å²) in [5.74, 6) is -2.92. The maximum atomic E-state index is 13.6. The van der Waals surface area contributed by atoms with Gasteiger partial charge in [0.1, 0.15) is 23.1 Å². The van der Waals surface area contributed by atoms with Crippen LogP contribution < -0.4 is 4.74 Å². The molecule has 1 unspecified atom stereocenters. The van der Waals surface area contributed by atoms with Gasteiger partial charge in [-0.15, -0.1) is 0 Å². The molecule has 8 heteroatoms. The summed E-state index contributed by atoms with van der Waals surface area (Å²) in [5, 5.41) is 11.5. The standard InChI is InChI=1S/C25H18ClF2NO4/c1-33-20-11-6-16(26)12-19(20)23(30)21-22(15-4-9-18(28)10-5-15)29(25(32)24(21)31)13-14-2-7-17(27)8-3-14/h2-12,22,30H,13H2,1H3/b23-21+. The van der Waals surface area contributed by atoms with Crippen LogP contribution in [0, 0.1) is 11.6 Å². The molecule has 1 N–H and O–H groups in total. The predicted octanol–water partition coefficient (Wildman–Crippen LogP) is 5.25. The number of hydrogen-bond donors (Lipinski definition) is 1. The summed E-state index contributed by atoms with van der Waals surface area (Å²) in [6.07, 6.45) is 0. The molecule has 33 heavy (non-hydrogen) atoms. The maximum Gasteiger partial charge on any atom is 0.295 e. The van der Waals surface area contributed by atoms with Crippen LogP contribution in [0.15, 0.2) is 72.3 Å². The van der Waals surface area contributed by atoms with Crippen molar-refractivity contribution in [3.63, 3.8) is 0 Å². The summed E-state index contributed by atoms with van der Waals surface area (Å²) < 4.78 is 32.2. The number of hydrogen-bond acceptors (Lipinski definition) is 4. The minimum Gasteiger partial charge on any atom is -0.507 e. The first-order chi connectivity index (χ1) is 15.8. The molecule has 0 saturated carbocycles. The van der Waals surface area contributed by atoms with E-state index in [1.54, 1.807) is 6.07 Å². The van der Waals surface area contributed by atoms with Gasteiger partial charge in [0.15, 0.2) is 0 Å². The Bertz CT molecular complexity index is 1260. The molecule has 0 radical (unpaired) electrons. The van der Waals surface area contributed by atoms with Gasteiger partial charge in [0.2, 0.25) is 0 Å². The zero-order chi connectivity index (χ0) is 23.7. The summed E-state index contributed by atoms with van der Waals surface area (Å²) in [6, 6.07) is 14.3. The zero-order valence-electron chi connectivity index (χ0n) is 17.4. The third-order valence-corrected chi connectivity index (χ3v) is 5.64. The van der Waals surface area contributed by atoms with E-state index in [0.29, 0.717) is 11.1 Å².